The van der Waals surface area contributed by atoms with Crippen LogP contribution in [0.1, 0.15) is 47.7 Å². The molecule has 0 radical (unpaired) electrons. The van der Waals surface area contributed by atoms with Crippen LogP contribution in [0.2, 0.25) is 10.0 Å². The van der Waals surface area contributed by atoms with Crippen LogP contribution in [0.4, 0.5) is 0 Å². The lowest BCUT2D eigenvalue weighted by molar-refractivity contribution is -0.147. The minimum Gasteiger partial charge on any atom is -0.481 e. The molecule has 7 heteroatoms. The van der Waals surface area contributed by atoms with Crippen LogP contribution >= 0.6 is 23.2 Å². The molecule has 0 spiro atoms. The molecule has 0 bridgehead atoms. The highest BCUT2D eigenvalue weighted by atomic mass is 35.5. The van der Waals surface area contributed by atoms with Crippen LogP contribution < -0.4 is 0 Å². The zero-order valence-electron chi connectivity index (χ0n) is 21.4. The number of hydrogen-bond acceptors (Lipinski definition) is 3. The Balaban J connectivity index is 1.61. The number of likely N-dealkylation sites (N-methyl/N-ethyl adjacent to an activating group) is 1. The number of carboxylic acids is 1. The van der Waals surface area contributed by atoms with Gasteiger partial charge in [0.15, 0.2) is 0 Å². The van der Waals surface area contributed by atoms with Gasteiger partial charge in [-0.2, -0.15) is 0 Å². The van der Waals surface area contributed by atoms with Crippen LogP contribution in [0.15, 0.2) is 78.9 Å². The first-order valence-electron chi connectivity index (χ1n) is 13.1. The summed E-state index contributed by atoms with van der Waals surface area (Å²) in [7, 11) is 0. The third-order valence-electron chi connectivity index (χ3n) is 8.69. The van der Waals surface area contributed by atoms with E-state index in [1.165, 1.54) is 0 Å². The van der Waals surface area contributed by atoms with Crippen molar-refractivity contribution >= 4 is 35.1 Å². The van der Waals surface area contributed by atoms with Gasteiger partial charge in [0.25, 0.3) is 5.91 Å². The van der Waals surface area contributed by atoms with Gasteiger partial charge in [0.2, 0.25) is 0 Å². The summed E-state index contributed by atoms with van der Waals surface area (Å²) in [6.45, 7) is 4.61. The first-order valence-corrected chi connectivity index (χ1v) is 13.9. The number of hydrogen-bond donors (Lipinski definition) is 1. The molecule has 2 aliphatic heterocycles. The monoisotopic (exact) mass is 550 g/mol. The number of likely N-dealkylation sites (tertiary alicyclic amines) is 2. The second-order valence-electron chi connectivity index (χ2n) is 10.5. The van der Waals surface area contributed by atoms with Gasteiger partial charge in [-0.25, -0.2) is 0 Å². The summed E-state index contributed by atoms with van der Waals surface area (Å²) in [6, 6.07) is 24.5. The molecular formula is C31H32Cl2N2O3. The highest BCUT2D eigenvalue weighted by Crippen LogP contribution is 2.49. The summed E-state index contributed by atoms with van der Waals surface area (Å²) in [4.78, 5) is 30.9. The van der Waals surface area contributed by atoms with Crippen molar-refractivity contribution in [2.24, 2.45) is 0 Å². The molecule has 0 aliphatic carbocycles. The zero-order valence-corrected chi connectivity index (χ0v) is 23.0. The molecule has 3 unspecified atom stereocenters. The minimum absolute atomic E-state index is 0.0149. The van der Waals surface area contributed by atoms with Crippen LogP contribution in [0.5, 0.6) is 0 Å². The Morgan fingerprint density at radius 2 is 1.58 bits per heavy atom. The van der Waals surface area contributed by atoms with E-state index in [1.54, 1.807) is 0 Å². The van der Waals surface area contributed by atoms with Crippen molar-refractivity contribution in [1.82, 2.24) is 9.80 Å². The predicted molar refractivity (Wildman–Crippen MR) is 151 cm³/mol. The third-order valence-corrected chi connectivity index (χ3v) is 9.43. The molecule has 0 aromatic heterocycles. The normalized spacial score (nSPS) is 25.9. The number of carboxylic acid groups (broad SMARTS) is 1. The summed E-state index contributed by atoms with van der Waals surface area (Å²) in [5, 5.41) is 11.6. The van der Waals surface area contributed by atoms with E-state index in [2.05, 4.69) is 11.8 Å². The number of amides is 1. The molecule has 2 fully saturated rings. The maximum absolute atomic E-state index is 13.5. The maximum atomic E-state index is 13.5. The van der Waals surface area contributed by atoms with Crippen molar-refractivity contribution in [3.05, 3.63) is 106 Å². The molecule has 2 saturated heterocycles. The van der Waals surface area contributed by atoms with Crippen molar-refractivity contribution in [2.45, 2.75) is 43.1 Å². The quantitative estimate of drug-likeness (QED) is 0.392. The van der Waals surface area contributed by atoms with Gasteiger partial charge >= 0.3 is 5.97 Å². The Labute approximate surface area is 234 Å². The molecule has 3 aromatic carbocycles. The Kier molecular flexibility index (Phi) is 7.54. The van der Waals surface area contributed by atoms with Crippen LogP contribution in [0, 0.1) is 0 Å². The van der Waals surface area contributed by atoms with Gasteiger partial charge in [0.05, 0.1) is 15.5 Å². The lowest BCUT2D eigenvalue weighted by atomic mass is 9.62. The molecular weight excluding hydrogens is 519 g/mol. The molecule has 0 saturated carbocycles. The van der Waals surface area contributed by atoms with Gasteiger partial charge in [0, 0.05) is 30.1 Å². The molecule has 38 heavy (non-hydrogen) atoms. The number of carbonyl (C=O) groups is 2. The van der Waals surface area contributed by atoms with Crippen molar-refractivity contribution in [3.8, 4) is 0 Å². The number of carbonyl (C=O) groups excluding carboxylic acids is 1. The van der Waals surface area contributed by atoms with E-state index in [9.17, 15) is 14.7 Å². The van der Waals surface area contributed by atoms with Crippen molar-refractivity contribution < 1.29 is 14.7 Å². The number of nitrogens with zero attached hydrogens (tertiary/aromatic N) is 2. The summed E-state index contributed by atoms with van der Waals surface area (Å²) in [5.41, 5.74) is 0.945. The lowest BCUT2D eigenvalue weighted by Crippen LogP contribution is -2.60. The van der Waals surface area contributed by atoms with E-state index >= 15 is 0 Å². The summed E-state index contributed by atoms with van der Waals surface area (Å²) in [5.74, 6) is -0.817. The van der Waals surface area contributed by atoms with Crippen LogP contribution in [0.25, 0.3) is 0 Å². The van der Waals surface area contributed by atoms with E-state index < -0.39 is 16.8 Å². The fourth-order valence-electron chi connectivity index (χ4n) is 6.59. The summed E-state index contributed by atoms with van der Waals surface area (Å²) < 4.78 is 0. The number of piperidine rings is 1. The van der Waals surface area contributed by atoms with E-state index in [-0.39, 0.29) is 11.9 Å². The second kappa shape index (κ2) is 10.7. The van der Waals surface area contributed by atoms with Crippen LogP contribution in [0.3, 0.4) is 0 Å². The van der Waals surface area contributed by atoms with Crippen molar-refractivity contribution in [2.75, 3.05) is 26.2 Å². The van der Waals surface area contributed by atoms with Gasteiger partial charge < -0.3 is 10.0 Å². The van der Waals surface area contributed by atoms with Gasteiger partial charge in [-0.05, 0) is 67.7 Å². The Hall–Kier alpha value is -2.86. The largest absolute Gasteiger partial charge is 0.481 e. The van der Waals surface area contributed by atoms with E-state index in [0.717, 1.165) is 17.7 Å². The van der Waals surface area contributed by atoms with Gasteiger partial charge in [-0.1, -0.05) is 84.7 Å². The van der Waals surface area contributed by atoms with Crippen LogP contribution in [-0.2, 0) is 15.6 Å². The lowest BCUT2D eigenvalue weighted by Gasteiger charge is -2.52. The number of aliphatic carboxylic acids is 1. The average Bonchev–Trinajstić information content (AvgIpc) is 3.41. The fourth-order valence-corrected chi connectivity index (χ4v) is 6.89. The zero-order chi connectivity index (χ0) is 26.9. The van der Waals surface area contributed by atoms with Gasteiger partial charge in [-0.15, -0.1) is 0 Å². The molecule has 5 nitrogen and oxygen atoms in total. The molecule has 2 aliphatic rings. The molecule has 1 amide bonds. The molecule has 5 rings (SSSR count). The minimum atomic E-state index is -1.02. The molecule has 1 N–H and O–H groups in total. The van der Waals surface area contributed by atoms with Gasteiger partial charge in [0.1, 0.15) is 0 Å². The standard InChI is InChI=1S/C31H32Cl2N2O3/c1-2-34-17-15-30(29(37)38,23-11-7-4-8-12-23)20-27(34)31(24-13-14-25(32)26(33)19-24)16-18-35(21-31)28(36)22-9-5-3-6-10-22/h3-14,19,27H,2,15-18,20-21H2,1H3,(H,37,38). The highest BCUT2D eigenvalue weighted by Gasteiger charge is 2.56. The van der Waals surface area contributed by atoms with E-state index in [0.29, 0.717) is 54.5 Å². The number of benzene rings is 3. The Morgan fingerprint density at radius 1 is 0.895 bits per heavy atom. The third kappa shape index (κ3) is 4.61. The molecule has 198 valence electrons. The summed E-state index contributed by atoms with van der Waals surface area (Å²) >= 11 is 12.9. The molecule has 2 heterocycles. The number of halogens is 2. The SMILES string of the molecule is CCN1CCC(C(=O)O)(c2ccccc2)CC1C1(c2ccc(Cl)c(Cl)c2)CCN(C(=O)c2ccccc2)C1. The Morgan fingerprint density at radius 3 is 2.21 bits per heavy atom. The first kappa shape index (κ1) is 26.7. The summed E-state index contributed by atoms with van der Waals surface area (Å²) in [6.07, 6.45) is 1.67. The highest BCUT2D eigenvalue weighted by molar-refractivity contribution is 6.42. The van der Waals surface area contributed by atoms with Gasteiger partial charge in [-0.3, -0.25) is 14.5 Å². The Bertz CT molecular complexity index is 1320. The van der Waals surface area contributed by atoms with E-state index in [1.807, 2.05) is 83.8 Å². The van der Waals surface area contributed by atoms with Crippen molar-refractivity contribution in [3.63, 3.8) is 0 Å². The molecule has 3 aromatic rings. The second-order valence-corrected chi connectivity index (χ2v) is 11.3. The van der Waals surface area contributed by atoms with Crippen molar-refractivity contribution in [1.29, 1.82) is 0 Å². The smallest absolute Gasteiger partial charge is 0.314 e. The topological polar surface area (TPSA) is 60.9 Å². The predicted octanol–water partition coefficient (Wildman–Crippen LogP) is 6.28. The fraction of sp³-hybridized carbons (Fsp3) is 0.355. The maximum Gasteiger partial charge on any atom is 0.314 e. The van der Waals surface area contributed by atoms with Crippen LogP contribution in [-0.4, -0.2) is 59.0 Å². The molecule has 3 atom stereocenters. The van der Waals surface area contributed by atoms with E-state index in [4.69, 9.17) is 23.2 Å². The average molecular weight is 552 g/mol. The number of rotatable bonds is 6. The first-order chi connectivity index (χ1) is 18.3.